The molecule has 0 amide bonds. The number of aryl methyl sites for hydroxylation is 1. The van der Waals surface area contributed by atoms with Crippen LogP contribution >= 0.6 is 11.6 Å². The summed E-state index contributed by atoms with van der Waals surface area (Å²) in [7, 11) is 0. The van der Waals surface area contributed by atoms with Crippen molar-refractivity contribution in [2.75, 3.05) is 6.54 Å². The van der Waals surface area contributed by atoms with Crippen molar-refractivity contribution in [2.45, 2.75) is 25.9 Å². The van der Waals surface area contributed by atoms with Gasteiger partial charge < -0.3 is 10.5 Å². The Morgan fingerprint density at radius 2 is 2.05 bits per heavy atom. The van der Waals surface area contributed by atoms with Crippen molar-refractivity contribution in [3.05, 3.63) is 52.5 Å². The second-order valence-electron chi connectivity index (χ2n) is 5.14. The average molecular weight is 288 g/mol. The summed E-state index contributed by atoms with van der Waals surface area (Å²) in [5.41, 5.74) is 10.4. The lowest BCUT2D eigenvalue weighted by molar-refractivity contribution is 0.242. The largest absolute Gasteiger partial charge is 0.488 e. The lowest BCUT2D eigenvalue weighted by atomic mass is 9.96. The molecule has 1 heterocycles. The molecule has 104 valence electrons. The van der Waals surface area contributed by atoms with Crippen molar-refractivity contribution in [1.29, 1.82) is 0 Å². The van der Waals surface area contributed by atoms with E-state index in [1.807, 2.05) is 24.3 Å². The van der Waals surface area contributed by atoms with E-state index < -0.39 is 0 Å². The Bertz CT molecular complexity index is 639. The standard InChI is InChI=1S/C17H18ClNO/c1-2-11-7-12-9-13(10-19)20-17(12)15(8-11)14-5-3-4-6-16(14)18/h3-8,13H,2,9-10,19H2,1H3. The van der Waals surface area contributed by atoms with E-state index in [-0.39, 0.29) is 6.10 Å². The molecule has 3 rings (SSSR count). The Balaban J connectivity index is 2.16. The summed E-state index contributed by atoms with van der Waals surface area (Å²) in [4.78, 5) is 0. The maximum absolute atomic E-state index is 6.35. The minimum Gasteiger partial charge on any atom is -0.488 e. The Labute approximate surface area is 124 Å². The van der Waals surface area contributed by atoms with E-state index in [0.717, 1.165) is 34.7 Å². The van der Waals surface area contributed by atoms with Crippen LogP contribution in [-0.2, 0) is 12.8 Å². The van der Waals surface area contributed by atoms with Gasteiger partial charge in [-0.2, -0.15) is 0 Å². The number of halogens is 1. The monoisotopic (exact) mass is 287 g/mol. The highest BCUT2D eigenvalue weighted by Gasteiger charge is 2.26. The topological polar surface area (TPSA) is 35.2 Å². The average Bonchev–Trinajstić information content (AvgIpc) is 2.90. The zero-order valence-corrected chi connectivity index (χ0v) is 12.3. The third kappa shape index (κ3) is 2.30. The highest BCUT2D eigenvalue weighted by Crippen LogP contribution is 2.42. The smallest absolute Gasteiger partial charge is 0.131 e. The van der Waals surface area contributed by atoms with Crippen molar-refractivity contribution < 1.29 is 4.74 Å². The van der Waals surface area contributed by atoms with Crippen LogP contribution in [-0.4, -0.2) is 12.6 Å². The van der Waals surface area contributed by atoms with Crippen molar-refractivity contribution in [3.8, 4) is 16.9 Å². The minimum absolute atomic E-state index is 0.0818. The fraction of sp³-hybridized carbons (Fsp3) is 0.294. The molecular formula is C17H18ClNO. The number of benzene rings is 2. The summed E-state index contributed by atoms with van der Waals surface area (Å²) in [5.74, 6) is 0.950. The van der Waals surface area contributed by atoms with Crippen LogP contribution in [0, 0.1) is 0 Å². The molecule has 20 heavy (non-hydrogen) atoms. The van der Waals surface area contributed by atoms with Crippen LogP contribution in [0.4, 0.5) is 0 Å². The lowest BCUT2D eigenvalue weighted by Crippen LogP contribution is -2.24. The first-order valence-corrected chi connectivity index (χ1v) is 7.38. The summed E-state index contributed by atoms with van der Waals surface area (Å²) in [6, 6.07) is 12.3. The quantitative estimate of drug-likeness (QED) is 0.931. The minimum atomic E-state index is 0.0818. The van der Waals surface area contributed by atoms with Gasteiger partial charge in [0.15, 0.2) is 0 Å². The summed E-state index contributed by atoms with van der Waals surface area (Å²) < 4.78 is 6.01. The zero-order valence-electron chi connectivity index (χ0n) is 11.5. The molecule has 1 unspecified atom stereocenters. The predicted molar refractivity (Wildman–Crippen MR) is 83.4 cm³/mol. The molecule has 0 bridgehead atoms. The zero-order chi connectivity index (χ0) is 14.1. The molecule has 2 N–H and O–H groups in total. The van der Waals surface area contributed by atoms with Gasteiger partial charge >= 0.3 is 0 Å². The first-order chi connectivity index (χ1) is 9.72. The molecule has 1 aliphatic heterocycles. The van der Waals surface area contributed by atoms with E-state index in [9.17, 15) is 0 Å². The van der Waals surface area contributed by atoms with Crippen LogP contribution < -0.4 is 10.5 Å². The highest BCUT2D eigenvalue weighted by molar-refractivity contribution is 6.33. The number of nitrogens with two attached hydrogens (primary N) is 1. The van der Waals surface area contributed by atoms with Gasteiger partial charge in [0.1, 0.15) is 11.9 Å². The van der Waals surface area contributed by atoms with E-state index >= 15 is 0 Å². The van der Waals surface area contributed by atoms with Crippen molar-refractivity contribution in [3.63, 3.8) is 0 Å². The highest BCUT2D eigenvalue weighted by atomic mass is 35.5. The molecule has 0 spiro atoms. The first kappa shape index (κ1) is 13.5. The molecule has 2 aromatic carbocycles. The Morgan fingerprint density at radius 1 is 1.25 bits per heavy atom. The molecule has 3 heteroatoms. The van der Waals surface area contributed by atoms with Crippen LogP contribution in [0.25, 0.3) is 11.1 Å². The van der Waals surface area contributed by atoms with Crippen LogP contribution in [0.2, 0.25) is 5.02 Å². The molecule has 2 nitrogen and oxygen atoms in total. The number of hydrogen-bond acceptors (Lipinski definition) is 2. The van der Waals surface area contributed by atoms with Crippen LogP contribution in [0.3, 0.4) is 0 Å². The summed E-state index contributed by atoms with van der Waals surface area (Å²) in [6.07, 6.45) is 1.97. The van der Waals surface area contributed by atoms with Crippen LogP contribution in [0.15, 0.2) is 36.4 Å². The maximum Gasteiger partial charge on any atom is 0.131 e. The predicted octanol–water partition coefficient (Wildman–Crippen LogP) is 3.83. The fourth-order valence-electron chi connectivity index (χ4n) is 2.71. The molecule has 1 atom stereocenters. The number of fused-ring (bicyclic) bond motifs is 1. The van der Waals surface area contributed by atoms with Gasteiger partial charge in [-0.05, 0) is 29.7 Å². The lowest BCUT2D eigenvalue weighted by Gasteiger charge is -2.13. The Morgan fingerprint density at radius 3 is 2.75 bits per heavy atom. The normalized spacial score (nSPS) is 16.9. The van der Waals surface area contributed by atoms with Gasteiger partial charge in [-0.1, -0.05) is 42.8 Å². The second-order valence-corrected chi connectivity index (χ2v) is 5.55. The summed E-state index contributed by atoms with van der Waals surface area (Å²) in [6.45, 7) is 2.70. The van der Waals surface area contributed by atoms with Crippen molar-refractivity contribution >= 4 is 11.6 Å². The van der Waals surface area contributed by atoms with Crippen molar-refractivity contribution in [2.24, 2.45) is 5.73 Å². The van der Waals surface area contributed by atoms with Gasteiger partial charge in [0.05, 0.1) is 0 Å². The van der Waals surface area contributed by atoms with Gasteiger partial charge in [-0.25, -0.2) is 0 Å². The van der Waals surface area contributed by atoms with Crippen LogP contribution in [0.1, 0.15) is 18.1 Å². The molecule has 2 aromatic rings. The van der Waals surface area contributed by atoms with E-state index in [1.54, 1.807) is 0 Å². The second kappa shape index (κ2) is 5.47. The number of ether oxygens (including phenoxy) is 1. The third-order valence-electron chi connectivity index (χ3n) is 3.79. The van der Waals surface area contributed by atoms with E-state index in [4.69, 9.17) is 22.1 Å². The number of hydrogen-bond donors (Lipinski definition) is 1. The Kier molecular flexibility index (Phi) is 3.68. The molecule has 0 fully saturated rings. The van der Waals surface area contributed by atoms with Gasteiger partial charge in [0.25, 0.3) is 0 Å². The molecule has 0 saturated heterocycles. The maximum atomic E-state index is 6.35. The molecule has 1 aliphatic rings. The number of rotatable bonds is 3. The molecule has 0 aromatic heterocycles. The third-order valence-corrected chi connectivity index (χ3v) is 4.12. The van der Waals surface area contributed by atoms with E-state index in [1.165, 1.54) is 11.1 Å². The van der Waals surface area contributed by atoms with E-state index in [2.05, 4.69) is 19.1 Å². The molecular weight excluding hydrogens is 270 g/mol. The molecule has 0 aliphatic carbocycles. The summed E-state index contributed by atoms with van der Waals surface area (Å²) in [5, 5.41) is 0.753. The first-order valence-electron chi connectivity index (χ1n) is 7.00. The van der Waals surface area contributed by atoms with Gasteiger partial charge in [-0.3, -0.25) is 0 Å². The van der Waals surface area contributed by atoms with Crippen LogP contribution in [0.5, 0.6) is 5.75 Å². The van der Waals surface area contributed by atoms with Gasteiger partial charge in [0, 0.05) is 29.1 Å². The summed E-state index contributed by atoms with van der Waals surface area (Å²) >= 11 is 6.35. The SMILES string of the molecule is CCc1cc2c(c(-c3ccccc3Cl)c1)OC(CN)C2. The molecule has 0 saturated carbocycles. The van der Waals surface area contributed by atoms with Crippen molar-refractivity contribution in [1.82, 2.24) is 0 Å². The Hall–Kier alpha value is -1.51. The van der Waals surface area contributed by atoms with Gasteiger partial charge in [0.2, 0.25) is 0 Å². The fourth-order valence-corrected chi connectivity index (χ4v) is 2.95. The van der Waals surface area contributed by atoms with Gasteiger partial charge in [-0.15, -0.1) is 0 Å². The van der Waals surface area contributed by atoms with E-state index in [0.29, 0.717) is 6.54 Å². The molecule has 0 radical (unpaired) electrons.